The van der Waals surface area contributed by atoms with Gasteiger partial charge in [-0.2, -0.15) is 0 Å². The molecule has 0 atom stereocenters. The Balaban J connectivity index is 1.11. The Morgan fingerprint density at radius 2 is 0.727 bits per heavy atom. The fourth-order valence-electron chi connectivity index (χ4n) is 8.41. The topological polar surface area (TPSA) is 25.8 Å². The molecule has 0 radical (unpaired) electrons. The molecule has 0 saturated heterocycles. The van der Waals surface area contributed by atoms with Gasteiger partial charge < -0.3 is 0 Å². The van der Waals surface area contributed by atoms with Crippen LogP contribution in [0.25, 0.3) is 67.3 Å². The van der Waals surface area contributed by atoms with Crippen LogP contribution in [0.4, 0.5) is 0 Å². The molecule has 10 rings (SSSR count). The molecular formula is C53H36N2. The molecule has 8 aromatic carbocycles. The predicted molar refractivity (Wildman–Crippen MR) is 227 cm³/mol. The highest BCUT2D eigenvalue weighted by Gasteiger charge is 2.46. The van der Waals surface area contributed by atoms with Crippen molar-refractivity contribution >= 4 is 0 Å². The second-order valence-corrected chi connectivity index (χ2v) is 14.1. The molecule has 2 nitrogen and oxygen atoms in total. The van der Waals surface area contributed by atoms with Crippen molar-refractivity contribution in [1.82, 2.24) is 9.97 Å². The molecule has 2 heteroatoms. The number of nitrogens with zero attached hydrogens (tertiary/aromatic N) is 2. The minimum absolute atomic E-state index is 0.454. The van der Waals surface area contributed by atoms with Crippen molar-refractivity contribution in [2.75, 3.05) is 0 Å². The van der Waals surface area contributed by atoms with E-state index in [9.17, 15) is 0 Å². The maximum Gasteiger partial charge on any atom is 0.160 e. The van der Waals surface area contributed by atoms with E-state index >= 15 is 0 Å². The maximum absolute atomic E-state index is 5.18. The summed E-state index contributed by atoms with van der Waals surface area (Å²) in [5, 5.41) is 0. The first-order valence-electron chi connectivity index (χ1n) is 18.8. The van der Waals surface area contributed by atoms with Crippen molar-refractivity contribution in [2.24, 2.45) is 0 Å². The zero-order chi connectivity index (χ0) is 36.6. The zero-order valence-electron chi connectivity index (χ0n) is 30.2. The Kier molecular flexibility index (Phi) is 8.08. The minimum Gasteiger partial charge on any atom is -0.228 e. The van der Waals surface area contributed by atoms with Gasteiger partial charge in [-0.1, -0.05) is 200 Å². The predicted octanol–water partition coefficient (Wildman–Crippen LogP) is 13.2. The summed E-state index contributed by atoms with van der Waals surface area (Å²) in [5.41, 5.74) is 16.8. The van der Waals surface area contributed by atoms with E-state index in [2.05, 4.69) is 194 Å². The van der Waals surface area contributed by atoms with E-state index in [1.165, 1.54) is 50.1 Å². The van der Waals surface area contributed by atoms with Gasteiger partial charge in [0, 0.05) is 16.7 Å². The van der Waals surface area contributed by atoms with Gasteiger partial charge in [0.25, 0.3) is 0 Å². The van der Waals surface area contributed by atoms with Gasteiger partial charge in [0.1, 0.15) is 0 Å². The second kappa shape index (κ2) is 13.7. The average molecular weight is 701 g/mol. The number of aromatic nitrogens is 2. The normalized spacial score (nSPS) is 12.5. The van der Waals surface area contributed by atoms with E-state index < -0.39 is 5.41 Å². The number of hydrogen-bond acceptors (Lipinski definition) is 2. The van der Waals surface area contributed by atoms with Crippen molar-refractivity contribution in [3.8, 4) is 67.3 Å². The molecule has 258 valence electrons. The standard InChI is InChI=1S/C53H36N2/c1-5-16-37(17-6-1)38-28-30-39(31-29-38)50-36-51(55-52(54-50)40-18-7-2-8-19-40)43-21-15-20-41(34-43)42-32-33-47-46-26-13-14-27-48(46)53(49(47)35-42,44-22-9-3-10-23-44)45-24-11-4-12-25-45/h1-36H. The SMILES string of the molecule is c1ccc(-c2ccc(-c3cc(-c4cccc(-c5ccc6c(c5)C(c5ccccc5)(c5ccccc5)c5ccccc5-6)c4)nc(-c4ccccc4)n3)cc2)cc1. The molecule has 1 heterocycles. The molecule has 55 heavy (non-hydrogen) atoms. The maximum atomic E-state index is 5.18. The van der Waals surface area contributed by atoms with Crippen molar-refractivity contribution in [2.45, 2.75) is 5.41 Å². The number of hydrogen-bond donors (Lipinski definition) is 0. The number of rotatable bonds is 7. The van der Waals surface area contributed by atoms with Crippen LogP contribution in [0.1, 0.15) is 22.3 Å². The van der Waals surface area contributed by atoms with Crippen molar-refractivity contribution in [3.63, 3.8) is 0 Å². The lowest BCUT2D eigenvalue weighted by Gasteiger charge is -2.34. The van der Waals surface area contributed by atoms with Gasteiger partial charge in [0.2, 0.25) is 0 Å². The molecule has 1 aromatic heterocycles. The van der Waals surface area contributed by atoms with E-state index in [0.717, 1.165) is 33.6 Å². The summed E-state index contributed by atoms with van der Waals surface area (Å²) in [6, 6.07) is 78.2. The highest BCUT2D eigenvalue weighted by Crippen LogP contribution is 2.56. The third kappa shape index (κ3) is 5.67. The third-order valence-electron chi connectivity index (χ3n) is 11.0. The first kappa shape index (κ1) is 32.5. The van der Waals surface area contributed by atoms with E-state index in [-0.39, 0.29) is 0 Å². The lowest BCUT2D eigenvalue weighted by Crippen LogP contribution is -2.28. The quantitative estimate of drug-likeness (QED) is 0.165. The van der Waals surface area contributed by atoms with Crippen molar-refractivity contribution in [1.29, 1.82) is 0 Å². The lowest BCUT2D eigenvalue weighted by molar-refractivity contribution is 0.769. The summed E-state index contributed by atoms with van der Waals surface area (Å²) in [4.78, 5) is 10.3. The molecule has 0 unspecified atom stereocenters. The van der Waals surface area contributed by atoms with Crippen LogP contribution >= 0.6 is 0 Å². The smallest absolute Gasteiger partial charge is 0.160 e. The summed E-state index contributed by atoms with van der Waals surface area (Å²) in [5.74, 6) is 0.705. The fourth-order valence-corrected chi connectivity index (χ4v) is 8.41. The van der Waals surface area contributed by atoms with E-state index in [1.54, 1.807) is 0 Å². The van der Waals surface area contributed by atoms with Gasteiger partial charge in [-0.25, -0.2) is 9.97 Å². The molecule has 0 saturated carbocycles. The van der Waals surface area contributed by atoms with Crippen LogP contribution in [0.3, 0.4) is 0 Å². The Morgan fingerprint density at radius 3 is 1.40 bits per heavy atom. The first-order chi connectivity index (χ1) is 27.3. The summed E-state index contributed by atoms with van der Waals surface area (Å²) in [7, 11) is 0. The number of benzene rings is 8. The summed E-state index contributed by atoms with van der Waals surface area (Å²) in [6.45, 7) is 0. The van der Waals surface area contributed by atoms with E-state index in [0.29, 0.717) is 5.82 Å². The summed E-state index contributed by atoms with van der Waals surface area (Å²) < 4.78 is 0. The Bertz CT molecular complexity index is 2740. The van der Waals surface area contributed by atoms with Crippen molar-refractivity contribution < 1.29 is 0 Å². The highest BCUT2D eigenvalue weighted by atomic mass is 14.9. The summed E-state index contributed by atoms with van der Waals surface area (Å²) in [6.07, 6.45) is 0. The first-order valence-corrected chi connectivity index (χ1v) is 18.8. The van der Waals surface area contributed by atoms with Gasteiger partial charge in [-0.15, -0.1) is 0 Å². The zero-order valence-corrected chi connectivity index (χ0v) is 30.2. The molecule has 1 aliphatic rings. The third-order valence-corrected chi connectivity index (χ3v) is 11.0. The molecule has 0 bridgehead atoms. The van der Waals surface area contributed by atoms with Gasteiger partial charge in [-0.05, 0) is 73.8 Å². The molecular weight excluding hydrogens is 665 g/mol. The molecule has 0 spiro atoms. The monoisotopic (exact) mass is 700 g/mol. The summed E-state index contributed by atoms with van der Waals surface area (Å²) >= 11 is 0. The van der Waals surface area contributed by atoms with Gasteiger partial charge in [0.15, 0.2) is 5.82 Å². The molecule has 1 aliphatic carbocycles. The van der Waals surface area contributed by atoms with Crippen molar-refractivity contribution in [3.05, 3.63) is 241 Å². The van der Waals surface area contributed by atoms with Crippen LogP contribution in [-0.4, -0.2) is 9.97 Å². The van der Waals surface area contributed by atoms with Gasteiger partial charge in [0.05, 0.1) is 16.8 Å². The minimum atomic E-state index is -0.454. The Labute approximate surface area is 322 Å². The van der Waals surface area contributed by atoms with Gasteiger partial charge >= 0.3 is 0 Å². The van der Waals surface area contributed by atoms with Crippen LogP contribution in [0.2, 0.25) is 0 Å². The average Bonchev–Trinajstić information content (AvgIpc) is 3.58. The molecule has 0 amide bonds. The van der Waals surface area contributed by atoms with E-state index in [4.69, 9.17) is 9.97 Å². The van der Waals surface area contributed by atoms with Crippen LogP contribution < -0.4 is 0 Å². The van der Waals surface area contributed by atoms with Crippen LogP contribution in [-0.2, 0) is 5.41 Å². The Morgan fingerprint density at radius 1 is 0.273 bits per heavy atom. The molecule has 0 fully saturated rings. The molecule has 9 aromatic rings. The van der Waals surface area contributed by atoms with Crippen LogP contribution in [0, 0.1) is 0 Å². The fraction of sp³-hybridized carbons (Fsp3) is 0.0189. The Hall–Kier alpha value is -7.16. The van der Waals surface area contributed by atoms with Crippen LogP contribution in [0.5, 0.6) is 0 Å². The largest absolute Gasteiger partial charge is 0.228 e. The lowest BCUT2D eigenvalue weighted by atomic mass is 9.67. The van der Waals surface area contributed by atoms with E-state index in [1.807, 2.05) is 24.3 Å². The highest BCUT2D eigenvalue weighted by molar-refractivity contribution is 5.89. The second-order valence-electron chi connectivity index (χ2n) is 14.1. The van der Waals surface area contributed by atoms with Crippen LogP contribution in [0.15, 0.2) is 218 Å². The molecule has 0 aliphatic heterocycles. The van der Waals surface area contributed by atoms with Gasteiger partial charge in [-0.3, -0.25) is 0 Å². The number of fused-ring (bicyclic) bond motifs is 3. The molecule has 0 N–H and O–H groups in total.